The molecule has 2 nitrogen and oxygen atoms in total. The molecule has 102 valence electrons. The maximum Gasteiger partial charge on any atom is 0.187 e. The summed E-state index contributed by atoms with van der Waals surface area (Å²) in [5.74, 6) is -1.59. The fraction of sp³-hybridized carbons (Fsp3) is 0. The van der Waals surface area contributed by atoms with E-state index >= 15 is 0 Å². The molecular weight excluding hydrogens is 290 g/mol. The van der Waals surface area contributed by atoms with Gasteiger partial charge in [0.2, 0.25) is 0 Å². The number of nitrogens with zero attached hydrogens (tertiary/aromatic N) is 2. The molecule has 0 fully saturated rings. The van der Waals surface area contributed by atoms with E-state index in [1.807, 2.05) is 5.16 Å². The SMILES string of the molecule is [C-]#[N+]c1ccc(C=Cc2cc(F)c(N=C=S)c(F)c2)cc1. The standard InChI is InChI=1S/C16H8F2N2S/c1-19-13-6-4-11(5-7-13)2-3-12-8-14(17)16(20-10-21)15(18)9-12/h2-9H. The van der Waals surface area contributed by atoms with E-state index in [0.717, 1.165) is 5.56 Å². The van der Waals surface area contributed by atoms with Gasteiger partial charge in [0.25, 0.3) is 0 Å². The minimum atomic E-state index is -0.796. The molecule has 21 heavy (non-hydrogen) atoms. The van der Waals surface area contributed by atoms with E-state index in [9.17, 15) is 8.78 Å². The highest BCUT2D eigenvalue weighted by molar-refractivity contribution is 7.78. The number of halogens is 2. The lowest BCUT2D eigenvalue weighted by Gasteiger charge is -2.00. The van der Waals surface area contributed by atoms with Gasteiger partial charge >= 0.3 is 0 Å². The molecule has 0 unspecified atom stereocenters. The van der Waals surface area contributed by atoms with Crippen molar-refractivity contribution in [2.24, 2.45) is 4.99 Å². The fourth-order valence-electron chi connectivity index (χ4n) is 1.69. The maximum atomic E-state index is 13.6. The monoisotopic (exact) mass is 298 g/mol. The zero-order chi connectivity index (χ0) is 15.2. The number of hydrogen-bond donors (Lipinski definition) is 0. The molecule has 0 radical (unpaired) electrons. The number of hydrogen-bond acceptors (Lipinski definition) is 2. The van der Waals surface area contributed by atoms with Crippen molar-refractivity contribution < 1.29 is 8.78 Å². The zero-order valence-electron chi connectivity index (χ0n) is 10.7. The zero-order valence-corrected chi connectivity index (χ0v) is 11.5. The highest BCUT2D eigenvalue weighted by Crippen LogP contribution is 2.24. The lowest BCUT2D eigenvalue weighted by Crippen LogP contribution is -1.85. The van der Waals surface area contributed by atoms with Gasteiger partial charge in [0.15, 0.2) is 17.3 Å². The van der Waals surface area contributed by atoms with Gasteiger partial charge < -0.3 is 0 Å². The van der Waals surface area contributed by atoms with E-state index in [0.29, 0.717) is 11.3 Å². The lowest BCUT2D eigenvalue weighted by molar-refractivity contribution is 0.587. The molecule has 0 amide bonds. The summed E-state index contributed by atoms with van der Waals surface area (Å²) < 4.78 is 27.3. The summed E-state index contributed by atoms with van der Waals surface area (Å²) >= 11 is 4.34. The molecular formula is C16H8F2N2S. The quantitative estimate of drug-likeness (QED) is 0.320. The highest BCUT2D eigenvalue weighted by Gasteiger charge is 2.08. The van der Waals surface area contributed by atoms with Crippen LogP contribution < -0.4 is 0 Å². The number of aliphatic imine (C=N–C) groups is 1. The summed E-state index contributed by atoms with van der Waals surface area (Å²) in [7, 11) is 0. The number of thiocarbonyl (C=S) groups is 1. The van der Waals surface area contributed by atoms with Crippen LogP contribution in [0.3, 0.4) is 0 Å². The molecule has 0 N–H and O–H groups in total. The first-order valence-corrected chi connectivity index (χ1v) is 6.27. The van der Waals surface area contributed by atoms with E-state index in [2.05, 4.69) is 22.1 Å². The third-order valence-corrected chi connectivity index (χ3v) is 2.78. The van der Waals surface area contributed by atoms with Gasteiger partial charge in [-0.25, -0.2) is 13.6 Å². The second kappa shape index (κ2) is 6.67. The van der Waals surface area contributed by atoms with Crippen LogP contribution >= 0.6 is 12.2 Å². The van der Waals surface area contributed by atoms with Crippen LogP contribution in [-0.4, -0.2) is 5.16 Å². The molecule has 0 bridgehead atoms. The molecule has 0 aromatic heterocycles. The molecule has 0 saturated carbocycles. The number of benzene rings is 2. The van der Waals surface area contributed by atoms with Crippen LogP contribution in [0, 0.1) is 18.2 Å². The lowest BCUT2D eigenvalue weighted by atomic mass is 10.1. The van der Waals surface area contributed by atoms with Gasteiger partial charge in [-0.3, -0.25) is 0 Å². The Bertz CT molecular complexity index is 760. The Labute approximate surface area is 125 Å². The van der Waals surface area contributed by atoms with Crippen molar-refractivity contribution in [1.29, 1.82) is 0 Å². The third-order valence-electron chi connectivity index (χ3n) is 2.69. The molecule has 0 saturated heterocycles. The first-order valence-electron chi connectivity index (χ1n) is 5.86. The van der Waals surface area contributed by atoms with Crippen molar-refractivity contribution in [1.82, 2.24) is 0 Å². The summed E-state index contributed by atoms with van der Waals surface area (Å²) in [5, 5.41) is 1.94. The second-order valence-corrected chi connectivity index (χ2v) is 4.26. The minimum absolute atomic E-state index is 0.363. The smallest absolute Gasteiger partial charge is 0.187 e. The highest BCUT2D eigenvalue weighted by atomic mass is 32.1. The van der Waals surface area contributed by atoms with Gasteiger partial charge in [-0.05, 0) is 35.5 Å². The average Bonchev–Trinajstić information content (AvgIpc) is 2.49. The molecule has 0 aliphatic rings. The van der Waals surface area contributed by atoms with Crippen LogP contribution in [0.15, 0.2) is 41.4 Å². The van der Waals surface area contributed by atoms with Crippen molar-refractivity contribution in [3.8, 4) is 0 Å². The van der Waals surface area contributed by atoms with Crippen molar-refractivity contribution in [2.75, 3.05) is 0 Å². The molecule has 0 atom stereocenters. The van der Waals surface area contributed by atoms with Gasteiger partial charge in [-0.2, -0.15) is 4.99 Å². The van der Waals surface area contributed by atoms with Crippen LogP contribution in [-0.2, 0) is 0 Å². The fourth-order valence-corrected chi connectivity index (χ4v) is 1.78. The second-order valence-electron chi connectivity index (χ2n) is 4.07. The molecule has 2 aromatic carbocycles. The molecule has 0 spiro atoms. The van der Waals surface area contributed by atoms with E-state index in [1.54, 1.807) is 36.4 Å². The summed E-state index contributed by atoms with van der Waals surface area (Å²) in [4.78, 5) is 6.63. The maximum absolute atomic E-state index is 13.6. The topological polar surface area (TPSA) is 16.7 Å². The van der Waals surface area contributed by atoms with Gasteiger partial charge in [-0.15, -0.1) is 0 Å². The van der Waals surface area contributed by atoms with Crippen molar-refractivity contribution in [3.63, 3.8) is 0 Å². The normalized spacial score (nSPS) is 10.1. The Morgan fingerprint density at radius 3 is 2.14 bits per heavy atom. The van der Waals surface area contributed by atoms with Gasteiger partial charge in [0.1, 0.15) is 5.69 Å². The van der Waals surface area contributed by atoms with E-state index in [1.165, 1.54) is 12.1 Å². The Balaban J connectivity index is 2.29. The van der Waals surface area contributed by atoms with Gasteiger partial charge in [-0.1, -0.05) is 36.4 Å². The Morgan fingerprint density at radius 1 is 1.05 bits per heavy atom. The molecule has 0 heterocycles. The molecule has 0 aliphatic heterocycles. The van der Waals surface area contributed by atoms with Crippen molar-refractivity contribution in [3.05, 3.63) is 70.6 Å². The molecule has 2 rings (SSSR count). The minimum Gasteiger partial charge on any atom is -0.238 e. The largest absolute Gasteiger partial charge is 0.238 e. The Hall–Kier alpha value is -2.67. The summed E-state index contributed by atoms with van der Waals surface area (Å²) in [6, 6.07) is 9.18. The van der Waals surface area contributed by atoms with E-state index in [-0.39, 0.29) is 0 Å². The van der Waals surface area contributed by atoms with Crippen LogP contribution in [0.1, 0.15) is 11.1 Å². The predicted molar refractivity (Wildman–Crippen MR) is 82.7 cm³/mol. The van der Waals surface area contributed by atoms with Gasteiger partial charge in [0, 0.05) is 0 Å². The Kier molecular flexibility index (Phi) is 4.68. The summed E-state index contributed by atoms with van der Waals surface area (Å²) in [6.45, 7) is 6.85. The van der Waals surface area contributed by atoms with Crippen molar-refractivity contribution in [2.45, 2.75) is 0 Å². The summed E-state index contributed by atoms with van der Waals surface area (Å²) in [5.41, 5.74) is 1.28. The van der Waals surface area contributed by atoms with Crippen LogP contribution in [0.2, 0.25) is 0 Å². The first kappa shape index (κ1) is 14.7. The van der Waals surface area contributed by atoms with Crippen molar-refractivity contribution >= 4 is 40.9 Å². The predicted octanol–water partition coefficient (Wildman–Crippen LogP) is 5.42. The van der Waals surface area contributed by atoms with Gasteiger partial charge in [0.05, 0.1) is 11.7 Å². The third kappa shape index (κ3) is 3.67. The number of rotatable bonds is 3. The average molecular weight is 298 g/mol. The van der Waals surface area contributed by atoms with E-state index < -0.39 is 17.3 Å². The molecule has 5 heteroatoms. The molecule has 0 aliphatic carbocycles. The Morgan fingerprint density at radius 2 is 1.62 bits per heavy atom. The van der Waals surface area contributed by atoms with E-state index in [4.69, 9.17) is 6.57 Å². The number of isothiocyanates is 1. The van der Waals surface area contributed by atoms with Crippen LogP contribution in [0.5, 0.6) is 0 Å². The van der Waals surface area contributed by atoms with Crippen LogP contribution in [0.4, 0.5) is 20.2 Å². The van der Waals surface area contributed by atoms with Crippen LogP contribution in [0.25, 0.3) is 17.0 Å². The molecule has 2 aromatic rings. The first-order chi connectivity index (χ1) is 10.1. The summed E-state index contributed by atoms with van der Waals surface area (Å²) in [6.07, 6.45) is 3.27.